The van der Waals surface area contributed by atoms with E-state index in [4.69, 9.17) is 5.11 Å². The Morgan fingerprint density at radius 1 is 1.48 bits per heavy atom. The molecule has 0 bridgehead atoms. The topological polar surface area (TPSA) is 79.3 Å². The molecule has 1 heterocycles. The van der Waals surface area contributed by atoms with Gasteiger partial charge in [-0.2, -0.15) is 0 Å². The quantitative estimate of drug-likeness (QED) is 0.850. The van der Waals surface area contributed by atoms with Crippen LogP contribution in [0.5, 0.6) is 0 Å². The molecule has 0 fully saturated rings. The van der Waals surface area contributed by atoms with Crippen molar-refractivity contribution in [1.29, 1.82) is 0 Å². The molecular weight excluding hydrogens is 356 g/mol. The average Bonchev–Trinajstić information content (AvgIpc) is 2.86. The van der Waals surface area contributed by atoms with Gasteiger partial charge in [-0.25, -0.2) is 4.98 Å². The molecule has 0 aliphatic heterocycles. The fraction of sp³-hybridized carbons (Fsp3) is 0.214. The summed E-state index contributed by atoms with van der Waals surface area (Å²) in [6.07, 6.45) is 0.0716. The van der Waals surface area contributed by atoms with Crippen LogP contribution in [0.4, 0.5) is 0 Å². The minimum Gasteiger partial charge on any atom is -0.480 e. The first-order valence-electron chi connectivity index (χ1n) is 6.18. The number of nitrogens with zero attached hydrogens (tertiary/aromatic N) is 1. The minimum atomic E-state index is -1.06. The van der Waals surface area contributed by atoms with Gasteiger partial charge in [0.05, 0.1) is 12.1 Å². The number of carbonyl (C=O) groups excluding carboxylic acids is 1. The molecule has 1 amide bonds. The molecule has 0 aliphatic carbocycles. The van der Waals surface area contributed by atoms with E-state index in [1.807, 2.05) is 24.3 Å². The zero-order valence-electron chi connectivity index (χ0n) is 11.2. The Balaban J connectivity index is 2.03. The van der Waals surface area contributed by atoms with Crippen LogP contribution in [0.25, 0.3) is 10.6 Å². The van der Waals surface area contributed by atoms with Gasteiger partial charge in [-0.15, -0.1) is 11.3 Å². The molecule has 1 aromatic carbocycles. The molecule has 0 aliphatic rings. The predicted molar refractivity (Wildman–Crippen MR) is 84.2 cm³/mol. The van der Waals surface area contributed by atoms with Gasteiger partial charge in [0.2, 0.25) is 5.91 Å². The van der Waals surface area contributed by atoms with E-state index in [-0.39, 0.29) is 12.3 Å². The third-order valence-electron chi connectivity index (χ3n) is 2.71. The Hall–Kier alpha value is -1.73. The first kappa shape index (κ1) is 15.7. The summed E-state index contributed by atoms with van der Waals surface area (Å²) in [7, 11) is 0. The largest absolute Gasteiger partial charge is 0.480 e. The lowest BCUT2D eigenvalue weighted by molar-refractivity contribution is -0.141. The molecule has 0 unspecified atom stereocenters. The number of thiazole rings is 1. The zero-order valence-corrected chi connectivity index (χ0v) is 13.6. The van der Waals surface area contributed by atoms with Crippen LogP contribution < -0.4 is 5.32 Å². The molecule has 0 radical (unpaired) electrons. The van der Waals surface area contributed by atoms with Gasteiger partial charge in [-0.05, 0) is 19.1 Å². The van der Waals surface area contributed by atoms with Crippen molar-refractivity contribution in [1.82, 2.24) is 10.3 Å². The molecule has 0 saturated carbocycles. The second-order valence-corrected chi connectivity index (χ2v) is 6.23. The fourth-order valence-electron chi connectivity index (χ4n) is 1.66. The first-order valence-corrected chi connectivity index (χ1v) is 7.85. The molecule has 2 N–H and O–H groups in total. The van der Waals surface area contributed by atoms with Crippen molar-refractivity contribution < 1.29 is 14.7 Å². The number of carboxylic acids is 1. The van der Waals surface area contributed by atoms with E-state index in [2.05, 4.69) is 26.2 Å². The van der Waals surface area contributed by atoms with E-state index >= 15 is 0 Å². The highest BCUT2D eigenvalue weighted by Crippen LogP contribution is 2.26. The molecule has 1 aromatic heterocycles. The first-order chi connectivity index (χ1) is 9.95. The monoisotopic (exact) mass is 368 g/mol. The molecule has 2 aromatic rings. The number of benzene rings is 1. The lowest BCUT2D eigenvalue weighted by Gasteiger charge is -2.07. The molecule has 21 heavy (non-hydrogen) atoms. The van der Waals surface area contributed by atoms with E-state index in [0.717, 1.165) is 15.0 Å². The fourth-order valence-corrected chi connectivity index (χ4v) is 2.88. The van der Waals surface area contributed by atoms with Gasteiger partial charge in [0.25, 0.3) is 0 Å². The molecule has 0 saturated heterocycles. The van der Waals surface area contributed by atoms with Crippen LogP contribution >= 0.6 is 27.3 Å². The van der Waals surface area contributed by atoms with E-state index in [0.29, 0.717) is 5.69 Å². The molecule has 2 rings (SSSR count). The summed E-state index contributed by atoms with van der Waals surface area (Å²) in [5.74, 6) is -1.41. The van der Waals surface area contributed by atoms with Crippen LogP contribution in [0.15, 0.2) is 34.1 Å². The second kappa shape index (κ2) is 6.82. The van der Waals surface area contributed by atoms with E-state index < -0.39 is 12.0 Å². The molecule has 110 valence electrons. The lowest BCUT2D eigenvalue weighted by Crippen LogP contribution is -2.39. The smallest absolute Gasteiger partial charge is 0.325 e. The summed E-state index contributed by atoms with van der Waals surface area (Å²) in [6, 6.07) is 6.84. The predicted octanol–water partition coefficient (Wildman–Crippen LogP) is 2.70. The number of aliphatic carboxylic acids is 1. The molecule has 5 nitrogen and oxygen atoms in total. The summed E-state index contributed by atoms with van der Waals surface area (Å²) in [6.45, 7) is 1.42. The Morgan fingerprint density at radius 2 is 2.24 bits per heavy atom. The zero-order chi connectivity index (χ0) is 15.4. The molecule has 0 spiro atoms. The highest BCUT2D eigenvalue weighted by molar-refractivity contribution is 9.10. The van der Waals surface area contributed by atoms with Crippen molar-refractivity contribution in [3.63, 3.8) is 0 Å². The Bertz CT molecular complexity index is 672. The van der Waals surface area contributed by atoms with Crippen molar-refractivity contribution >= 4 is 39.1 Å². The molecular formula is C14H13BrN2O3S. The highest BCUT2D eigenvalue weighted by Gasteiger charge is 2.15. The summed E-state index contributed by atoms with van der Waals surface area (Å²) in [5, 5.41) is 13.8. The average molecular weight is 369 g/mol. The van der Waals surface area contributed by atoms with Gasteiger partial charge < -0.3 is 10.4 Å². The van der Waals surface area contributed by atoms with Crippen molar-refractivity contribution in [3.05, 3.63) is 39.8 Å². The number of carboxylic acid groups (broad SMARTS) is 1. The van der Waals surface area contributed by atoms with E-state index in [1.54, 1.807) is 5.38 Å². The van der Waals surface area contributed by atoms with Gasteiger partial charge in [0, 0.05) is 15.4 Å². The van der Waals surface area contributed by atoms with Crippen LogP contribution in [0.1, 0.15) is 12.6 Å². The third kappa shape index (κ3) is 4.37. The number of rotatable bonds is 5. The van der Waals surface area contributed by atoms with Gasteiger partial charge in [0.1, 0.15) is 11.0 Å². The highest BCUT2D eigenvalue weighted by atomic mass is 79.9. The summed E-state index contributed by atoms with van der Waals surface area (Å²) in [4.78, 5) is 26.8. The lowest BCUT2D eigenvalue weighted by atomic mass is 10.2. The molecule has 7 heteroatoms. The normalized spacial score (nSPS) is 11.9. The number of hydrogen-bond acceptors (Lipinski definition) is 4. The van der Waals surface area contributed by atoms with E-state index in [1.165, 1.54) is 18.3 Å². The van der Waals surface area contributed by atoms with Crippen LogP contribution in [0.2, 0.25) is 0 Å². The Labute approximate surface area is 134 Å². The van der Waals surface area contributed by atoms with Gasteiger partial charge in [-0.1, -0.05) is 28.1 Å². The minimum absolute atomic E-state index is 0.0716. The van der Waals surface area contributed by atoms with Crippen LogP contribution in [0, 0.1) is 0 Å². The second-order valence-electron chi connectivity index (χ2n) is 4.46. The Morgan fingerprint density at radius 3 is 2.90 bits per heavy atom. The van der Waals surface area contributed by atoms with Crippen molar-refractivity contribution in [3.8, 4) is 10.6 Å². The maximum Gasteiger partial charge on any atom is 0.325 e. The number of amides is 1. The number of halogens is 1. The standard InChI is InChI=1S/C14H13BrN2O3S/c1-8(14(19)20)16-12(18)6-11-7-21-13(17-11)9-3-2-4-10(15)5-9/h2-5,7-8H,6H2,1H3,(H,16,18)(H,19,20)/t8-/m1/s1. The van der Waals surface area contributed by atoms with Crippen LogP contribution in [0.3, 0.4) is 0 Å². The third-order valence-corrected chi connectivity index (χ3v) is 4.15. The summed E-state index contributed by atoms with van der Waals surface area (Å²) >= 11 is 4.85. The van der Waals surface area contributed by atoms with Gasteiger partial charge in [0.15, 0.2) is 0 Å². The summed E-state index contributed by atoms with van der Waals surface area (Å²) < 4.78 is 0.963. The van der Waals surface area contributed by atoms with Gasteiger partial charge in [-0.3, -0.25) is 9.59 Å². The number of aromatic nitrogens is 1. The molecule has 1 atom stereocenters. The number of hydrogen-bond donors (Lipinski definition) is 2. The SMILES string of the molecule is C[C@@H](NC(=O)Cc1csc(-c2cccc(Br)c2)n1)C(=O)O. The maximum atomic E-state index is 11.7. The van der Waals surface area contributed by atoms with Gasteiger partial charge >= 0.3 is 5.97 Å². The van der Waals surface area contributed by atoms with Crippen LogP contribution in [-0.2, 0) is 16.0 Å². The van der Waals surface area contributed by atoms with Crippen molar-refractivity contribution in [2.75, 3.05) is 0 Å². The van der Waals surface area contributed by atoms with Crippen LogP contribution in [-0.4, -0.2) is 28.0 Å². The van der Waals surface area contributed by atoms with Crippen molar-refractivity contribution in [2.45, 2.75) is 19.4 Å². The van der Waals surface area contributed by atoms with E-state index in [9.17, 15) is 9.59 Å². The number of nitrogens with one attached hydrogen (secondary N) is 1. The number of carbonyl (C=O) groups is 2. The van der Waals surface area contributed by atoms with Crippen molar-refractivity contribution in [2.24, 2.45) is 0 Å². The maximum absolute atomic E-state index is 11.7. The Kier molecular flexibility index (Phi) is 5.08. The summed E-state index contributed by atoms with van der Waals surface area (Å²) in [5.41, 5.74) is 1.60.